The fourth-order valence-electron chi connectivity index (χ4n) is 3.71. The number of rotatable bonds is 7. The Labute approximate surface area is 192 Å². The van der Waals surface area contributed by atoms with Crippen LogP contribution < -0.4 is 10.6 Å². The van der Waals surface area contributed by atoms with Gasteiger partial charge in [-0.05, 0) is 43.0 Å². The van der Waals surface area contributed by atoms with Crippen LogP contribution in [0.1, 0.15) is 37.0 Å². The van der Waals surface area contributed by atoms with Crippen molar-refractivity contribution < 1.29 is 9.90 Å². The van der Waals surface area contributed by atoms with Gasteiger partial charge in [-0.1, -0.05) is 38.1 Å². The Kier molecular flexibility index (Phi) is 5.46. The predicted molar refractivity (Wildman–Crippen MR) is 129 cm³/mol. The van der Waals surface area contributed by atoms with Crippen LogP contribution in [0.5, 0.6) is 5.75 Å². The molecule has 0 aliphatic heterocycles. The highest BCUT2D eigenvalue weighted by Crippen LogP contribution is 2.29. The summed E-state index contributed by atoms with van der Waals surface area (Å²) in [5, 5.41) is 16.4. The van der Waals surface area contributed by atoms with Gasteiger partial charge in [0.2, 0.25) is 0 Å². The maximum Gasteiger partial charge on any atom is 0.251 e. The number of hydrogen-bond acceptors (Lipinski definition) is 5. The summed E-state index contributed by atoms with van der Waals surface area (Å²) < 4.78 is 2.01. The lowest BCUT2D eigenvalue weighted by Gasteiger charge is -2.13. The van der Waals surface area contributed by atoms with Crippen molar-refractivity contribution in [2.24, 2.45) is 5.92 Å². The van der Waals surface area contributed by atoms with Crippen LogP contribution in [0.25, 0.3) is 28.2 Å². The molecular formula is C26H27N5O2. The molecule has 1 fully saturated rings. The summed E-state index contributed by atoms with van der Waals surface area (Å²) in [5.41, 5.74) is 4.77. The molecule has 0 atom stereocenters. The Hall–Kier alpha value is -3.87. The summed E-state index contributed by atoms with van der Waals surface area (Å²) >= 11 is 0. The van der Waals surface area contributed by atoms with Crippen molar-refractivity contribution in [3.8, 4) is 28.3 Å². The van der Waals surface area contributed by atoms with E-state index in [0.717, 1.165) is 47.5 Å². The van der Waals surface area contributed by atoms with Gasteiger partial charge >= 0.3 is 0 Å². The molecule has 1 aliphatic carbocycles. The van der Waals surface area contributed by atoms with Crippen LogP contribution in [0.15, 0.2) is 60.9 Å². The highest BCUT2D eigenvalue weighted by molar-refractivity contribution is 5.95. The molecule has 1 amide bonds. The molecule has 7 heteroatoms. The van der Waals surface area contributed by atoms with Crippen molar-refractivity contribution >= 4 is 17.4 Å². The molecule has 7 nitrogen and oxygen atoms in total. The summed E-state index contributed by atoms with van der Waals surface area (Å²) in [4.78, 5) is 21.8. The third kappa shape index (κ3) is 4.53. The lowest BCUT2D eigenvalue weighted by molar-refractivity contribution is 0.0951. The maximum absolute atomic E-state index is 12.3. The van der Waals surface area contributed by atoms with Gasteiger partial charge in [0.1, 0.15) is 5.75 Å². The molecule has 2 aromatic heterocycles. The molecule has 33 heavy (non-hydrogen) atoms. The van der Waals surface area contributed by atoms with Crippen LogP contribution in [-0.4, -0.2) is 38.0 Å². The molecule has 1 saturated carbocycles. The zero-order valence-electron chi connectivity index (χ0n) is 18.7. The first-order chi connectivity index (χ1) is 16.0. The van der Waals surface area contributed by atoms with Crippen molar-refractivity contribution in [3.63, 3.8) is 0 Å². The normalized spacial score (nSPS) is 13.4. The number of nitrogens with zero attached hydrogens (tertiary/aromatic N) is 3. The molecule has 2 heterocycles. The number of nitrogens with one attached hydrogen (secondary N) is 2. The van der Waals surface area contributed by atoms with Gasteiger partial charge in [0.25, 0.3) is 5.91 Å². The van der Waals surface area contributed by atoms with Gasteiger partial charge in [-0.15, -0.1) is 0 Å². The van der Waals surface area contributed by atoms with Crippen molar-refractivity contribution in [1.82, 2.24) is 19.7 Å². The van der Waals surface area contributed by atoms with Gasteiger partial charge in [0.05, 0.1) is 17.6 Å². The van der Waals surface area contributed by atoms with E-state index in [2.05, 4.69) is 29.5 Å². The number of benzene rings is 2. The molecule has 2 aromatic carbocycles. The summed E-state index contributed by atoms with van der Waals surface area (Å²) in [7, 11) is 0. The van der Waals surface area contributed by atoms with Gasteiger partial charge in [-0.3, -0.25) is 9.20 Å². The van der Waals surface area contributed by atoms with E-state index in [4.69, 9.17) is 4.98 Å². The number of carbonyl (C=O) groups is 1. The number of imidazole rings is 1. The van der Waals surface area contributed by atoms with Crippen LogP contribution in [-0.2, 0) is 0 Å². The summed E-state index contributed by atoms with van der Waals surface area (Å²) in [6, 6.07) is 15.0. The van der Waals surface area contributed by atoms with E-state index in [1.54, 1.807) is 18.2 Å². The van der Waals surface area contributed by atoms with E-state index in [0.29, 0.717) is 23.3 Å². The number of phenolic OH excluding ortho intramolecular Hbond substituents is 1. The minimum absolute atomic E-state index is 0.0299. The van der Waals surface area contributed by atoms with Gasteiger partial charge in [0, 0.05) is 35.5 Å². The SMILES string of the molecule is CC(C)CNc1nc(-c2cccc(O)c2)cn2c(-c3ccc(C(=O)NC4CC4)cc3)cnc12. The van der Waals surface area contributed by atoms with Gasteiger partial charge in [0.15, 0.2) is 11.5 Å². The maximum atomic E-state index is 12.3. The van der Waals surface area contributed by atoms with Crippen LogP contribution in [0, 0.1) is 5.92 Å². The second-order valence-corrected chi connectivity index (χ2v) is 8.96. The lowest BCUT2D eigenvalue weighted by Crippen LogP contribution is -2.25. The number of phenols is 1. The number of carbonyl (C=O) groups excluding carboxylic acids is 1. The zero-order chi connectivity index (χ0) is 22.9. The highest BCUT2D eigenvalue weighted by atomic mass is 16.3. The fourth-order valence-corrected chi connectivity index (χ4v) is 3.71. The molecule has 1 aliphatic rings. The molecule has 0 bridgehead atoms. The van der Waals surface area contributed by atoms with E-state index in [-0.39, 0.29) is 11.7 Å². The number of aromatic nitrogens is 3. The van der Waals surface area contributed by atoms with Crippen molar-refractivity contribution in [2.75, 3.05) is 11.9 Å². The Bertz CT molecular complexity index is 1310. The Balaban J connectivity index is 1.55. The first kappa shape index (κ1) is 21.0. The molecule has 0 saturated heterocycles. The molecule has 4 aromatic rings. The van der Waals surface area contributed by atoms with Gasteiger partial charge in [-0.25, -0.2) is 9.97 Å². The second kappa shape index (κ2) is 8.58. The molecule has 0 spiro atoms. The predicted octanol–water partition coefficient (Wildman–Crippen LogP) is 4.73. The standard InChI is InChI=1S/C26H27N5O2/c1-16(2)13-27-24-25-28-14-23(17-6-8-18(9-7-17)26(33)29-20-10-11-20)31(25)15-22(30-24)19-4-3-5-21(32)12-19/h3-9,12,14-16,20,32H,10-11,13H2,1-2H3,(H,27,30)(H,29,33). The minimum atomic E-state index is -0.0299. The number of hydrogen-bond donors (Lipinski definition) is 3. The largest absolute Gasteiger partial charge is 0.508 e. The Morgan fingerprint density at radius 2 is 1.94 bits per heavy atom. The third-order valence-electron chi connectivity index (χ3n) is 5.67. The molecule has 0 radical (unpaired) electrons. The topological polar surface area (TPSA) is 91.5 Å². The first-order valence-electron chi connectivity index (χ1n) is 11.3. The highest BCUT2D eigenvalue weighted by Gasteiger charge is 2.23. The average Bonchev–Trinajstić information content (AvgIpc) is 3.52. The first-order valence-corrected chi connectivity index (χ1v) is 11.3. The average molecular weight is 442 g/mol. The number of amides is 1. The van der Waals surface area contributed by atoms with Gasteiger partial charge < -0.3 is 15.7 Å². The van der Waals surface area contributed by atoms with E-state index < -0.39 is 0 Å². The van der Waals surface area contributed by atoms with Crippen molar-refractivity contribution in [3.05, 3.63) is 66.5 Å². The Morgan fingerprint density at radius 3 is 2.64 bits per heavy atom. The van der Waals surface area contributed by atoms with Crippen LogP contribution in [0.4, 0.5) is 5.82 Å². The quantitative estimate of drug-likeness (QED) is 0.386. The molecule has 168 valence electrons. The number of anilines is 1. The van der Waals surface area contributed by atoms with Gasteiger partial charge in [-0.2, -0.15) is 0 Å². The Morgan fingerprint density at radius 1 is 1.15 bits per heavy atom. The number of aromatic hydroxyl groups is 1. The lowest BCUT2D eigenvalue weighted by atomic mass is 10.1. The van der Waals surface area contributed by atoms with Crippen LogP contribution >= 0.6 is 0 Å². The van der Waals surface area contributed by atoms with Crippen molar-refractivity contribution in [2.45, 2.75) is 32.7 Å². The van der Waals surface area contributed by atoms with E-state index >= 15 is 0 Å². The van der Waals surface area contributed by atoms with E-state index in [1.807, 2.05) is 47.1 Å². The monoisotopic (exact) mass is 441 g/mol. The smallest absolute Gasteiger partial charge is 0.251 e. The number of fused-ring (bicyclic) bond motifs is 1. The molecule has 5 rings (SSSR count). The van der Waals surface area contributed by atoms with Crippen LogP contribution in [0.3, 0.4) is 0 Å². The fraction of sp³-hybridized carbons (Fsp3) is 0.269. The zero-order valence-corrected chi connectivity index (χ0v) is 18.7. The minimum Gasteiger partial charge on any atom is -0.508 e. The molecule has 3 N–H and O–H groups in total. The van der Waals surface area contributed by atoms with Crippen molar-refractivity contribution in [1.29, 1.82) is 0 Å². The third-order valence-corrected chi connectivity index (χ3v) is 5.67. The van der Waals surface area contributed by atoms with Crippen LogP contribution in [0.2, 0.25) is 0 Å². The molecular weight excluding hydrogens is 414 g/mol. The molecule has 0 unspecified atom stereocenters. The second-order valence-electron chi connectivity index (χ2n) is 8.96. The summed E-state index contributed by atoms with van der Waals surface area (Å²) in [5.74, 6) is 1.30. The van der Waals surface area contributed by atoms with E-state index in [9.17, 15) is 9.90 Å². The summed E-state index contributed by atoms with van der Waals surface area (Å²) in [6.45, 7) is 5.04. The summed E-state index contributed by atoms with van der Waals surface area (Å²) in [6.07, 6.45) is 5.88. The van der Waals surface area contributed by atoms with E-state index in [1.165, 1.54) is 0 Å².